The van der Waals surface area contributed by atoms with Crippen LogP contribution >= 0.6 is 23.2 Å². The van der Waals surface area contributed by atoms with Crippen molar-refractivity contribution in [1.82, 2.24) is 5.43 Å². The molecule has 0 fully saturated rings. The summed E-state index contributed by atoms with van der Waals surface area (Å²) in [5, 5.41) is 14.6. The molecule has 21 heavy (non-hydrogen) atoms. The molecule has 1 aromatic heterocycles. The Labute approximate surface area is 128 Å². The number of rotatable bonds is 4. The van der Waals surface area contributed by atoms with E-state index in [1.54, 1.807) is 6.07 Å². The van der Waals surface area contributed by atoms with E-state index in [-0.39, 0.29) is 16.3 Å². The van der Waals surface area contributed by atoms with Crippen molar-refractivity contribution >= 4 is 41.2 Å². The molecule has 0 spiro atoms. The van der Waals surface area contributed by atoms with Gasteiger partial charge in [-0.2, -0.15) is 5.10 Å². The number of hydrogen-bond donors (Lipinski definition) is 1. The summed E-state index contributed by atoms with van der Waals surface area (Å²) in [6, 6.07) is 6.95. The third-order valence-electron chi connectivity index (χ3n) is 2.32. The van der Waals surface area contributed by atoms with Gasteiger partial charge in [0.2, 0.25) is 0 Å². The lowest BCUT2D eigenvalue weighted by atomic mass is 10.2. The van der Waals surface area contributed by atoms with Gasteiger partial charge >= 0.3 is 5.88 Å². The summed E-state index contributed by atoms with van der Waals surface area (Å²) in [5.41, 5.74) is 2.37. The summed E-state index contributed by atoms with van der Waals surface area (Å²) in [6.07, 6.45) is 1.13. The van der Waals surface area contributed by atoms with Crippen molar-refractivity contribution in [2.24, 2.45) is 5.10 Å². The summed E-state index contributed by atoms with van der Waals surface area (Å²) < 4.78 is 4.83. The zero-order valence-electron chi connectivity index (χ0n) is 10.2. The van der Waals surface area contributed by atoms with Crippen LogP contribution < -0.4 is 5.43 Å². The molecule has 0 atom stereocenters. The molecule has 1 N–H and O–H groups in total. The zero-order valence-corrected chi connectivity index (χ0v) is 11.8. The first-order valence-electron chi connectivity index (χ1n) is 5.50. The van der Waals surface area contributed by atoms with Crippen LogP contribution in [0.1, 0.15) is 16.1 Å². The van der Waals surface area contributed by atoms with Gasteiger partial charge in [0, 0.05) is 5.02 Å². The van der Waals surface area contributed by atoms with E-state index in [1.165, 1.54) is 24.3 Å². The Morgan fingerprint density at radius 3 is 2.76 bits per heavy atom. The van der Waals surface area contributed by atoms with Crippen LogP contribution in [-0.4, -0.2) is 17.0 Å². The molecular weight excluding hydrogens is 321 g/mol. The summed E-state index contributed by atoms with van der Waals surface area (Å²) in [5.74, 6) is -0.861. The summed E-state index contributed by atoms with van der Waals surface area (Å²) >= 11 is 11.6. The first kappa shape index (κ1) is 15.0. The molecule has 0 aliphatic heterocycles. The Morgan fingerprint density at radius 1 is 1.33 bits per heavy atom. The highest BCUT2D eigenvalue weighted by atomic mass is 35.5. The topological polar surface area (TPSA) is 97.7 Å². The predicted molar refractivity (Wildman–Crippen MR) is 76.9 cm³/mol. The van der Waals surface area contributed by atoms with E-state index in [2.05, 4.69) is 10.5 Å². The lowest BCUT2D eigenvalue weighted by molar-refractivity contribution is -0.402. The highest BCUT2D eigenvalue weighted by Crippen LogP contribution is 2.20. The minimum Gasteiger partial charge on any atom is -0.400 e. The van der Waals surface area contributed by atoms with E-state index in [1.807, 2.05) is 0 Å². The molecule has 0 saturated carbocycles. The van der Waals surface area contributed by atoms with Gasteiger partial charge in [-0.1, -0.05) is 23.2 Å². The fourth-order valence-electron chi connectivity index (χ4n) is 1.40. The van der Waals surface area contributed by atoms with Crippen LogP contribution in [0, 0.1) is 10.1 Å². The number of nitrogens with one attached hydrogen (secondary N) is 1. The molecule has 0 bridgehead atoms. The van der Waals surface area contributed by atoms with Crippen LogP contribution in [0.3, 0.4) is 0 Å². The molecule has 0 unspecified atom stereocenters. The average Bonchev–Trinajstić information content (AvgIpc) is 2.90. The van der Waals surface area contributed by atoms with Crippen molar-refractivity contribution < 1.29 is 14.1 Å². The molecule has 0 radical (unpaired) electrons. The standard InChI is InChI=1S/C12H7Cl2N3O4/c13-7-1-3-10(14)9(5-7)12(18)16-15-6-8-2-4-11(21-8)17(19)20/h1-6H,(H,16,18)/b15-6-. The molecule has 0 aliphatic carbocycles. The Balaban J connectivity index is 2.04. The molecule has 9 heteroatoms. The van der Waals surface area contributed by atoms with Gasteiger partial charge in [0.05, 0.1) is 22.9 Å². The first-order chi connectivity index (χ1) is 9.97. The largest absolute Gasteiger partial charge is 0.433 e. The molecule has 1 aromatic carbocycles. The molecule has 2 aromatic rings. The molecule has 7 nitrogen and oxygen atoms in total. The summed E-state index contributed by atoms with van der Waals surface area (Å²) in [4.78, 5) is 21.6. The van der Waals surface area contributed by atoms with Crippen LogP contribution in [-0.2, 0) is 0 Å². The summed E-state index contributed by atoms with van der Waals surface area (Å²) in [6.45, 7) is 0. The highest BCUT2D eigenvalue weighted by Gasteiger charge is 2.11. The van der Waals surface area contributed by atoms with E-state index in [0.717, 1.165) is 6.21 Å². The molecule has 108 valence electrons. The molecule has 1 heterocycles. The molecular formula is C12H7Cl2N3O4. The van der Waals surface area contributed by atoms with Crippen molar-refractivity contribution in [1.29, 1.82) is 0 Å². The SMILES string of the molecule is O=C(N/N=C\c1ccc([N+](=O)[O-])o1)c1cc(Cl)ccc1Cl. The van der Waals surface area contributed by atoms with E-state index in [0.29, 0.717) is 5.02 Å². The van der Waals surface area contributed by atoms with Gasteiger partial charge in [-0.3, -0.25) is 14.9 Å². The molecule has 1 amide bonds. The number of nitro groups is 1. The van der Waals surface area contributed by atoms with Crippen molar-refractivity contribution in [3.8, 4) is 0 Å². The lowest BCUT2D eigenvalue weighted by Crippen LogP contribution is -2.18. The molecule has 0 aliphatic rings. The minimum atomic E-state index is -0.679. The normalized spacial score (nSPS) is 10.8. The summed E-state index contributed by atoms with van der Waals surface area (Å²) in [7, 11) is 0. The maximum Gasteiger partial charge on any atom is 0.433 e. The number of nitrogens with zero attached hydrogens (tertiary/aromatic N) is 2. The number of halogens is 2. The number of hydrazone groups is 1. The average molecular weight is 328 g/mol. The van der Waals surface area contributed by atoms with E-state index < -0.39 is 16.7 Å². The van der Waals surface area contributed by atoms with Gasteiger partial charge in [0.1, 0.15) is 4.92 Å². The van der Waals surface area contributed by atoms with Gasteiger partial charge in [0.15, 0.2) is 5.76 Å². The van der Waals surface area contributed by atoms with Gasteiger partial charge < -0.3 is 4.42 Å². The quantitative estimate of drug-likeness (QED) is 0.529. The first-order valence-corrected chi connectivity index (χ1v) is 6.25. The zero-order chi connectivity index (χ0) is 15.4. The molecule has 0 saturated heterocycles. The fraction of sp³-hybridized carbons (Fsp3) is 0. The fourth-order valence-corrected chi connectivity index (χ4v) is 1.77. The van der Waals surface area contributed by atoms with E-state index in [9.17, 15) is 14.9 Å². The second-order valence-electron chi connectivity index (χ2n) is 3.76. The number of carbonyl (C=O) groups excluding carboxylic acids is 1. The minimum absolute atomic E-state index is 0.124. The number of hydrogen-bond acceptors (Lipinski definition) is 5. The monoisotopic (exact) mass is 327 g/mol. The van der Waals surface area contributed by atoms with Crippen molar-refractivity contribution in [2.75, 3.05) is 0 Å². The van der Waals surface area contributed by atoms with Gasteiger partial charge in [-0.25, -0.2) is 5.43 Å². The smallest absolute Gasteiger partial charge is 0.400 e. The third kappa shape index (κ3) is 3.80. The van der Waals surface area contributed by atoms with Gasteiger partial charge in [-0.15, -0.1) is 0 Å². The predicted octanol–water partition coefficient (Wildman–Crippen LogP) is 3.26. The Bertz CT molecular complexity index is 727. The highest BCUT2D eigenvalue weighted by molar-refractivity contribution is 6.35. The third-order valence-corrected chi connectivity index (χ3v) is 2.89. The van der Waals surface area contributed by atoms with E-state index >= 15 is 0 Å². The second-order valence-corrected chi connectivity index (χ2v) is 4.60. The van der Waals surface area contributed by atoms with Gasteiger partial charge in [-0.05, 0) is 24.3 Å². The van der Waals surface area contributed by atoms with Crippen LogP contribution in [0.2, 0.25) is 10.0 Å². The van der Waals surface area contributed by atoms with Crippen molar-refractivity contribution in [3.63, 3.8) is 0 Å². The molecule has 2 rings (SSSR count). The van der Waals surface area contributed by atoms with Crippen molar-refractivity contribution in [3.05, 3.63) is 61.8 Å². The van der Waals surface area contributed by atoms with Crippen LogP contribution in [0.5, 0.6) is 0 Å². The number of amides is 1. The van der Waals surface area contributed by atoms with Crippen LogP contribution in [0.25, 0.3) is 0 Å². The number of carbonyl (C=O) groups is 1. The maximum atomic E-state index is 11.8. The Kier molecular flexibility index (Phi) is 4.56. The second kappa shape index (κ2) is 6.38. The number of furan rings is 1. The van der Waals surface area contributed by atoms with Gasteiger partial charge in [0.25, 0.3) is 5.91 Å². The van der Waals surface area contributed by atoms with Crippen molar-refractivity contribution in [2.45, 2.75) is 0 Å². The Morgan fingerprint density at radius 2 is 2.10 bits per heavy atom. The Hall–Kier alpha value is -2.38. The number of benzene rings is 1. The lowest BCUT2D eigenvalue weighted by Gasteiger charge is -2.02. The van der Waals surface area contributed by atoms with E-state index in [4.69, 9.17) is 27.6 Å². The maximum absolute atomic E-state index is 11.8. The van der Waals surface area contributed by atoms with Crippen LogP contribution in [0.15, 0.2) is 39.9 Å². The van der Waals surface area contributed by atoms with Crippen LogP contribution in [0.4, 0.5) is 5.88 Å².